The number of allylic oxidation sites excluding steroid dienone is 3. The van der Waals surface area contributed by atoms with Crippen molar-refractivity contribution in [1.82, 2.24) is 0 Å². The minimum atomic E-state index is -0.693. The summed E-state index contributed by atoms with van der Waals surface area (Å²) in [5.41, 5.74) is 4.11. The quantitative estimate of drug-likeness (QED) is 0.331. The van der Waals surface area contributed by atoms with Crippen LogP contribution in [-0.2, 0) is 15.0 Å². The fourth-order valence-electron chi connectivity index (χ4n) is 13.3. The molecule has 6 aliphatic carbocycles. The second kappa shape index (κ2) is 9.35. The van der Waals surface area contributed by atoms with E-state index in [-0.39, 0.29) is 27.6 Å². The van der Waals surface area contributed by atoms with E-state index in [9.17, 15) is 19.8 Å². The molecule has 9 atom stereocenters. The van der Waals surface area contributed by atoms with Gasteiger partial charge in [-0.15, -0.1) is 0 Å². The molecule has 4 heteroatoms. The Hall–Kier alpha value is -2.36. The first-order valence-electron chi connectivity index (χ1n) is 17.5. The normalized spacial score (nSPS) is 44.7. The molecule has 0 heterocycles. The van der Waals surface area contributed by atoms with E-state index >= 15 is 0 Å². The average molecular weight is 599 g/mol. The molecule has 44 heavy (non-hydrogen) atoms. The fourth-order valence-corrected chi connectivity index (χ4v) is 13.3. The Labute approximate surface area is 264 Å². The molecule has 1 aromatic carbocycles. The molecular formula is C40H54O4. The highest BCUT2D eigenvalue weighted by molar-refractivity contribution is 5.85. The molecule has 2 N–H and O–H groups in total. The Morgan fingerprint density at radius 3 is 2.05 bits per heavy atom. The number of hydrogen-bond donors (Lipinski definition) is 2. The second-order valence-electron chi connectivity index (χ2n) is 17.7. The van der Waals surface area contributed by atoms with Crippen LogP contribution >= 0.6 is 0 Å². The summed E-state index contributed by atoms with van der Waals surface area (Å²) in [5, 5.41) is 20.5. The van der Waals surface area contributed by atoms with Gasteiger partial charge < -0.3 is 10.2 Å². The molecule has 1 aromatic rings. The maximum Gasteiger partial charge on any atom is 0.314 e. The molecule has 0 saturated heterocycles. The van der Waals surface area contributed by atoms with Gasteiger partial charge in [-0.25, -0.2) is 0 Å². The first kappa shape index (κ1) is 30.3. The number of aliphatic carboxylic acids is 2. The third-order valence-electron chi connectivity index (χ3n) is 16.0. The van der Waals surface area contributed by atoms with Gasteiger partial charge in [-0.1, -0.05) is 77.1 Å². The molecule has 5 saturated carbocycles. The van der Waals surface area contributed by atoms with E-state index < -0.39 is 22.8 Å². The van der Waals surface area contributed by atoms with E-state index in [1.165, 1.54) is 36.0 Å². The largest absolute Gasteiger partial charge is 0.481 e. The van der Waals surface area contributed by atoms with Crippen molar-refractivity contribution in [2.45, 2.75) is 118 Å². The number of rotatable bonds is 5. The van der Waals surface area contributed by atoms with Crippen molar-refractivity contribution in [2.75, 3.05) is 0 Å². The first-order chi connectivity index (χ1) is 20.6. The van der Waals surface area contributed by atoms with Crippen molar-refractivity contribution < 1.29 is 19.8 Å². The summed E-state index contributed by atoms with van der Waals surface area (Å²) < 4.78 is 0. The number of hydrogen-bond acceptors (Lipinski definition) is 2. The molecular weight excluding hydrogens is 544 g/mol. The topological polar surface area (TPSA) is 74.6 Å². The zero-order valence-electron chi connectivity index (χ0n) is 28.0. The van der Waals surface area contributed by atoms with Gasteiger partial charge in [-0.2, -0.15) is 0 Å². The lowest BCUT2D eigenvalue weighted by Crippen LogP contribution is -2.65. The van der Waals surface area contributed by atoms with E-state index in [4.69, 9.17) is 0 Å². The van der Waals surface area contributed by atoms with E-state index in [0.717, 1.165) is 56.9 Å². The maximum atomic E-state index is 13.0. The summed E-state index contributed by atoms with van der Waals surface area (Å²) in [7, 11) is 0. The van der Waals surface area contributed by atoms with Crippen molar-refractivity contribution >= 4 is 17.5 Å². The zero-order valence-corrected chi connectivity index (χ0v) is 28.0. The van der Waals surface area contributed by atoms with Gasteiger partial charge in [-0.3, -0.25) is 9.59 Å². The SMILES string of the molecule is C=C(C)[C@@H]1CC[C@]2(C(=O)O)CC[C@]3(C)[C@H](CC[C@H]4C3(C)CC[C@H]3C(C)(C)C(c5ccc(C6(C(=O)O)CC6)cc5)=CC[C@@]34C)[C@@H]12. The van der Waals surface area contributed by atoms with Crippen molar-refractivity contribution in [3.63, 3.8) is 0 Å². The molecule has 0 bridgehead atoms. The van der Waals surface area contributed by atoms with Crippen molar-refractivity contribution in [2.24, 2.45) is 56.7 Å². The molecule has 4 nitrogen and oxygen atoms in total. The Kier molecular flexibility index (Phi) is 6.44. The predicted molar refractivity (Wildman–Crippen MR) is 175 cm³/mol. The monoisotopic (exact) mass is 598 g/mol. The maximum absolute atomic E-state index is 13.0. The molecule has 1 unspecified atom stereocenters. The Morgan fingerprint density at radius 2 is 1.45 bits per heavy atom. The highest BCUT2D eigenvalue weighted by Gasteiger charge is 2.71. The fraction of sp³-hybridized carbons (Fsp3) is 0.700. The highest BCUT2D eigenvalue weighted by atomic mass is 16.4. The van der Waals surface area contributed by atoms with Gasteiger partial charge in [0.1, 0.15) is 0 Å². The van der Waals surface area contributed by atoms with Gasteiger partial charge in [0.15, 0.2) is 0 Å². The van der Waals surface area contributed by atoms with Crippen LogP contribution in [-0.4, -0.2) is 22.2 Å². The van der Waals surface area contributed by atoms with E-state index in [1.54, 1.807) is 0 Å². The summed E-state index contributed by atoms with van der Waals surface area (Å²) in [6, 6.07) is 8.51. The molecule has 0 radical (unpaired) electrons. The van der Waals surface area contributed by atoms with Crippen LogP contribution in [0.4, 0.5) is 0 Å². The van der Waals surface area contributed by atoms with E-state index in [2.05, 4.69) is 78.5 Å². The van der Waals surface area contributed by atoms with E-state index in [0.29, 0.717) is 23.7 Å². The predicted octanol–water partition coefficient (Wildman–Crippen LogP) is 9.54. The zero-order chi connectivity index (χ0) is 31.7. The third kappa shape index (κ3) is 3.63. The molecule has 7 rings (SSSR count). The molecule has 0 spiro atoms. The van der Waals surface area contributed by atoms with Crippen molar-refractivity contribution in [1.29, 1.82) is 0 Å². The summed E-state index contributed by atoms with van der Waals surface area (Å²) in [6.07, 6.45) is 13.5. The molecule has 0 aliphatic heterocycles. The minimum Gasteiger partial charge on any atom is -0.481 e. The van der Waals surface area contributed by atoms with Crippen LogP contribution in [0.3, 0.4) is 0 Å². The Bertz CT molecular complexity index is 1450. The third-order valence-corrected chi connectivity index (χ3v) is 16.0. The molecule has 5 fully saturated rings. The summed E-state index contributed by atoms with van der Waals surface area (Å²) in [6.45, 7) is 19.3. The van der Waals surface area contributed by atoms with Gasteiger partial charge >= 0.3 is 11.9 Å². The van der Waals surface area contributed by atoms with Crippen LogP contribution in [0.1, 0.15) is 123 Å². The van der Waals surface area contributed by atoms with Crippen LogP contribution < -0.4 is 0 Å². The van der Waals surface area contributed by atoms with Crippen LogP contribution in [0.5, 0.6) is 0 Å². The van der Waals surface area contributed by atoms with Crippen LogP contribution in [0.25, 0.3) is 5.57 Å². The summed E-state index contributed by atoms with van der Waals surface area (Å²) in [5.74, 6) is 0.929. The second-order valence-corrected chi connectivity index (χ2v) is 17.7. The number of benzene rings is 1. The lowest BCUT2D eigenvalue weighted by Gasteiger charge is -2.72. The molecule has 0 aromatic heterocycles. The van der Waals surface area contributed by atoms with Gasteiger partial charge in [0, 0.05) is 0 Å². The minimum absolute atomic E-state index is 0.0131. The smallest absolute Gasteiger partial charge is 0.314 e. The van der Waals surface area contributed by atoms with Crippen LogP contribution in [0.2, 0.25) is 0 Å². The molecule has 0 amide bonds. The Balaban J connectivity index is 1.22. The summed E-state index contributed by atoms with van der Waals surface area (Å²) >= 11 is 0. The first-order valence-corrected chi connectivity index (χ1v) is 17.5. The number of carbonyl (C=O) groups is 2. The van der Waals surface area contributed by atoms with Gasteiger partial charge in [0.25, 0.3) is 0 Å². The van der Waals surface area contributed by atoms with E-state index in [1.807, 2.05) is 0 Å². The van der Waals surface area contributed by atoms with Crippen molar-refractivity contribution in [3.8, 4) is 0 Å². The number of carboxylic acids is 2. The standard InChI is InChI=1S/C40H54O4/c1-24(2)27-14-19-40(34(43)44)21-20-37(6)29(32(27)40)12-13-31-36(5)17-15-28(35(3,4)30(36)16-18-38(31,37)7)25-8-10-26(11-9-25)39(22-23-39)33(41)42/h8-11,15,27,29-32H,1,12-14,16-23H2,2-7H3,(H,41,42)(H,43,44)/t27-,29+,30-,31+,32+,36-,37+,38?,40-/m0/s1. The van der Waals surface area contributed by atoms with Crippen LogP contribution in [0.15, 0.2) is 42.5 Å². The Morgan fingerprint density at radius 1 is 0.773 bits per heavy atom. The lowest BCUT2D eigenvalue weighted by molar-refractivity contribution is -0.227. The number of fused-ring (bicyclic) bond motifs is 7. The van der Waals surface area contributed by atoms with Crippen molar-refractivity contribution in [3.05, 3.63) is 53.6 Å². The molecule has 6 aliphatic rings. The summed E-state index contributed by atoms with van der Waals surface area (Å²) in [4.78, 5) is 24.9. The van der Waals surface area contributed by atoms with Gasteiger partial charge in [0.05, 0.1) is 10.8 Å². The highest BCUT2D eigenvalue weighted by Crippen LogP contribution is 2.77. The van der Waals surface area contributed by atoms with Gasteiger partial charge in [-0.05, 0) is 146 Å². The lowest BCUT2D eigenvalue weighted by atomic mass is 9.32. The number of carboxylic acid groups (broad SMARTS) is 2. The molecule has 238 valence electrons. The average Bonchev–Trinajstić information content (AvgIpc) is 3.67. The van der Waals surface area contributed by atoms with Crippen LogP contribution in [0, 0.1) is 56.7 Å². The van der Waals surface area contributed by atoms with Gasteiger partial charge in [0.2, 0.25) is 0 Å².